The summed E-state index contributed by atoms with van der Waals surface area (Å²) in [6, 6.07) is 5.40. The molecule has 0 spiro atoms. The van der Waals surface area contributed by atoms with E-state index in [1.807, 2.05) is 6.07 Å². The van der Waals surface area contributed by atoms with Gasteiger partial charge in [0.25, 0.3) is 0 Å². The van der Waals surface area contributed by atoms with Crippen molar-refractivity contribution < 1.29 is 9.84 Å². The van der Waals surface area contributed by atoms with Gasteiger partial charge in [0.1, 0.15) is 0 Å². The fraction of sp³-hybridized carbons (Fsp3) is 0.500. The first-order valence-corrected chi connectivity index (χ1v) is 6.12. The van der Waals surface area contributed by atoms with E-state index in [4.69, 9.17) is 27.9 Å². The molecule has 0 amide bonds. The molecule has 1 N–H and O–H groups in total. The van der Waals surface area contributed by atoms with Gasteiger partial charge in [0.2, 0.25) is 0 Å². The molecular formula is C12H14Cl2O2. The van der Waals surface area contributed by atoms with Gasteiger partial charge in [-0.1, -0.05) is 23.2 Å². The van der Waals surface area contributed by atoms with Crippen LogP contribution in [0.25, 0.3) is 0 Å². The van der Waals surface area contributed by atoms with Crippen molar-refractivity contribution in [1.82, 2.24) is 0 Å². The molecule has 2 atom stereocenters. The van der Waals surface area contributed by atoms with E-state index >= 15 is 0 Å². The minimum atomic E-state index is -0.302. The number of ether oxygens (including phenoxy) is 1. The molecule has 1 aliphatic heterocycles. The maximum atomic E-state index is 9.83. The third kappa shape index (κ3) is 2.89. The van der Waals surface area contributed by atoms with Crippen LogP contribution in [0.4, 0.5) is 0 Å². The van der Waals surface area contributed by atoms with Crippen molar-refractivity contribution in [1.29, 1.82) is 0 Å². The molecule has 1 aromatic carbocycles. The van der Waals surface area contributed by atoms with Crippen LogP contribution in [0.15, 0.2) is 18.2 Å². The smallest absolute Gasteiger partial charge is 0.0615 e. The molecule has 1 saturated heterocycles. The van der Waals surface area contributed by atoms with Crippen molar-refractivity contribution in [2.45, 2.75) is 18.9 Å². The van der Waals surface area contributed by atoms with Gasteiger partial charge in [-0.3, -0.25) is 0 Å². The highest BCUT2D eigenvalue weighted by Gasteiger charge is 2.24. The van der Waals surface area contributed by atoms with Crippen LogP contribution in [0.1, 0.15) is 12.0 Å². The molecule has 0 unspecified atom stereocenters. The minimum Gasteiger partial charge on any atom is -0.393 e. The highest BCUT2D eigenvalue weighted by Crippen LogP contribution is 2.26. The molecule has 0 bridgehead atoms. The van der Waals surface area contributed by atoms with Crippen LogP contribution < -0.4 is 0 Å². The highest BCUT2D eigenvalue weighted by atomic mass is 35.5. The summed E-state index contributed by atoms with van der Waals surface area (Å²) >= 11 is 12.0. The van der Waals surface area contributed by atoms with Gasteiger partial charge < -0.3 is 9.84 Å². The molecule has 1 heterocycles. The maximum absolute atomic E-state index is 9.83. The molecule has 0 aromatic heterocycles. The number of hydrogen-bond acceptors (Lipinski definition) is 2. The predicted octanol–water partition coefficient (Wildman–Crippen LogP) is 2.93. The quantitative estimate of drug-likeness (QED) is 0.886. The Bertz CT molecular complexity index is 368. The fourth-order valence-corrected chi connectivity index (χ4v) is 2.35. The minimum absolute atomic E-state index is 0.115. The van der Waals surface area contributed by atoms with Gasteiger partial charge in [-0.05, 0) is 36.6 Å². The number of benzene rings is 1. The van der Waals surface area contributed by atoms with E-state index in [2.05, 4.69) is 0 Å². The molecule has 4 heteroatoms. The van der Waals surface area contributed by atoms with Gasteiger partial charge in [-0.15, -0.1) is 0 Å². The molecule has 1 aliphatic rings. The van der Waals surface area contributed by atoms with Gasteiger partial charge in [0, 0.05) is 22.6 Å². The summed E-state index contributed by atoms with van der Waals surface area (Å²) in [6.07, 6.45) is 1.10. The van der Waals surface area contributed by atoms with E-state index in [-0.39, 0.29) is 12.0 Å². The zero-order chi connectivity index (χ0) is 11.5. The van der Waals surface area contributed by atoms with E-state index in [0.29, 0.717) is 36.1 Å². The number of rotatable bonds is 2. The van der Waals surface area contributed by atoms with Crippen LogP contribution in [0.3, 0.4) is 0 Å². The molecule has 2 nitrogen and oxygen atoms in total. The van der Waals surface area contributed by atoms with Crippen LogP contribution >= 0.6 is 23.2 Å². The second-order valence-electron chi connectivity index (χ2n) is 4.13. The van der Waals surface area contributed by atoms with E-state index in [1.165, 1.54) is 0 Å². The monoisotopic (exact) mass is 260 g/mol. The highest BCUT2D eigenvalue weighted by molar-refractivity contribution is 6.33. The van der Waals surface area contributed by atoms with Crippen molar-refractivity contribution in [2.75, 3.05) is 13.2 Å². The average molecular weight is 261 g/mol. The lowest BCUT2D eigenvalue weighted by molar-refractivity contribution is -0.0350. The van der Waals surface area contributed by atoms with Gasteiger partial charge in [-0.25, -0.2) is 0 Å². The van der Waals surface area contributed by atoms with Gasteiger partial charge >= 0.3 is 0 Å². The second-order valence-corrected chi connectivity index (χ2v) is 4.97. The lowest BCUT2D eigenvalue weighted by Gasteiger charge is -2.28. The van der Waals surface area contributed by atoms with Crippen molar-refractivity contribution in [2.24, 2.45) is 5.92 Å². The Morgan fingerprint density at radius 2 is 2.19 bits per heavy atom. The number of hydrogen-bond donors (Lipinski definition) is 1. The SMILES string of the molecule is O[C@@H]1CCOC[C@@H]1Cc1cc(Cl)ccc1Cl. The number of aliphatic hydroxyl groups excluding tert-OH is 1. The van der Waals surface area contributed by atoms with Gasteiger partial charge in [-0.2, -0.15) is 0 Å². The molecule has 88 valence electrons. The summed E-state index contributed by atoms with van der Waals surface area (Å²) in [7, 11) is 0. The fourth-order valence-electron chi connectivity index (χ4n) is 1.96. The largest absolute Gasteiger partial charge is 0.393 e. The van der Waals surface area contributed by atoms with E-state index in [0.717, 1.165) is 5.56 Å². The lowest BCUT2D eigenvalue weighted by atomic mass is 9.91. The Kier molecular flexibility index (Phi) is 4.09. The van der Waals surface area contributed by atoms with Crippen LogP contribution in [0.5, 0.6) is 0 Å². The molecular weight excluding hydrogens is 247 g/mol. The third-order valence-corrected chi connectivity index (χ3v) is 3.53. The summed E-state index contributed by atoms with van der Waals surface area (Å²) in [6.45, 7) is 1.23. The summed E-state index contributed by atoms with van der Waals surface area (Å²) in [5.74, 6) is 0.115. The third-order valence-electron chi connectivity index (χ3n) is 2.92. The molecule has 2 rings (SSSR count). The van der Waals surface area contributed by atoms with Crippen LogP contribution in [-0.2, 0) is 11.2 Å². The second kappa shape index (κ2) is 5.37. The normalized spacial score (nSPS) is 25.7. The number of aliphatic hydroxyl groups is 1. The first-order chi connectivity index (χ1) is 7.66. The van der Waals surface area contributed by atoms with Crippen LogP contribution in [-0.4, -0.2) is 24.4 Å². The summed E-state index contributed by atoms with van der Waals surface area (Å²) < 4.78 is 5.36. The molecule has 0 saturated carbocycles. The van der Waals surface area contributed by atoms with Crippen LogP contribution in [0.2, 0.25) is 10.0 Å². The zero-order valence-electron chi connectivity index (χ0n) is 8.83. The summed E-state index contributed by atoms with van der Waals surface area (Å²) in [4.78, 5) is 0. The van der Waals surface area contributed by atoms with Crippen molar-refractivity contribution in [3.63, 3.8) is 0 Å². The molecule has 16 heavy (non-hydrogen) atoms. The Balaban J connectivity index is 2.10. The van der Waals surface area contributed by atoms with E-state index < -0.39 is 0 Å². The standard InChI is InChI=1S/C12H14Cl2O2/c13-10-1-2-11(14)8(6-10)5-9-7-16-4-3-12(9)15/h1-2,6,9,12,15H,3-5,7H2/t9-,12+/m0/s1. The Hall–Kier alpha value is -0.280. The van der Waals surface area contributed by atoms with Crippen LogP contribution in [0, 0.1) is 5.92 Å². The Labute approximate surface area is 105 Å². The van der Waals surface area contributed by atoms with Crippen molar-refractivity contribution in [3.05, 3.63) is 33.8 Å². The topological polar surface area (TPSA) is 29.5 Å². The molecule has 1 aromatic rings. The summed E-state index contributed by atoms with van der Waals surface area (Å²) in [5.41, 5.74) is 0.976. The van der Waals surface area contributed by atoms with Gasteiger partial charge in [0.05, 0.1) is 12.7 Å². The molecule has 0 radical (unpaired) electrons. The predicted molar refractivity (Wildman–Crippen MR) is 65.1 cm³/mol. The lowest BCUT2D eigenvalue weighted by Crippen LogP contribution is -2.33. The average Bonchev–Trinajstić information content (AvgIpc) is 2.27. The van der Waals surface area contributed by atoms with E-state index in [1.54, 1.807) is 12.1 Å². The van der Waals surface area contributed by atoms with E-state index in [9.17, 15) is 5.11 Å². The Morgan fingerprint density at radius 3 is 2.94 bits per heavy atom. The van der Waals surface area contributed by atoms with Crippen molar-refractivity contribution in [3.8, 4) is 0 Å². The molecule has 0 aliphatic carbocycles. The summed E-state index contributed by atoms with van der Waals surface area (Å²) in [5, 5.41) is 11.2. The zero-order valence-corrected chi connectivity index (χ0v) is 10.3. The van der Waals surface area contributed by atoms with Gasteiger partial charge in [0.15, 0.2) is 0 Å². The van der Waals surface area contributed by atoms with Crippen molar-refractivity contribution >= 4 is 23.2 Å². The molecule has 1 fully saturated rings. The first kappa shape index (κ1) is 12.2. The first-order valence-electron chi connectivity index (χ1n) is 5.36. The Morgan fingerprint density at radius 1 is 1.38 bits per heavy atom. The maximum Gasteiger partial charge on any atom is 0.0615 e. The number of halogens is 2.